The zero-order chi connectivity index (χ0) is 12.0. The first kappa shape index (κ1) is 12.3. The third-order valence-corrected chi connectivity index (χ3v) is 1.77. The van der Waals surface area contributed by atoms with Crippen molar-refractivity contribution in [3.8, 4) is 5.88 Å². The predicted molar refractivity (Wildman–Crippen MR) is 60.5 cm³/mol. The van der Waals surface area contributed by atoms with Gasteiger partial charge in [0, 0.05) is 6.20 Å². The molecule has 1 aromatic heterocycles. The fourth-order valence-corrected chi connectivity index (χ4v) is 1.08. The standard InChI is InChI=1S/C11H16N2O3/c1-8(2)16-11-9(5-4-6-12-11)13-7-10(14)15-3/h4-6,8,13H,7H2,1-3H3. The quantitative estimate of drug-likeness (QED) is 0.767. The lowest BCUT2D eigenvalue weighted by Gasteiger charge is -2.13. The van der Waals surface area contributed by atoms with Crippen LogP contribution in [0.25, 0.3) is 0 Å². The molecule has 0 radical (unpaired) electrons. The summed E-state index contributed by atoms with van der Waals surface area (Å²) in [4.78, 5) is 15.1. The van der Waals surface area contributed by atoms with E-state index in [0.29, 0.717) is 11.6 Å². The molecule has 0 bridgehead atoms. The summed E-state index contributed by atoms with van der Waals surface area (Å²) in [5.74, 6) is 0.153. The summed E-state index contributed by atoms with van der Waals surface area (Å²) in [5.41, 5.74) is 0.682. The molecule has 1 aromatic rings. The van der Waals surface area contributed by atoms with Crippen LogP contribution in [0.4, 0.5) is 5.69 Å². The van der Waals surface area contributed by atoms with Gasteiger partial charge in [0.05, 0.1) is 18.9 Å². The van der Waals surface area contributed by atoms with E-state index < -0.39 is 0 Å². The largest absolute Gasteiger partial charge is 0.473 e. The Bertz CT molecular complexity index is 353. The normalized spacial score (nSPS) is 10.0. The number of ether oxygens (including phenoxy) is 2. The SMILES string of the molecule is COC(=O)CNc1cccnc1OC(C)C. The molecule has 0 aromatic carbocycles. The van der Waals surface area contributed by atoms with Gasteiger partial charge in [-0.3, -0.25) is 4.79 Å². The lowest BCUT2D eigenvalue weighted by molar-refractivity contribution is -0.138. The third kappa shape index (κ3) is 3.76. The maximum Gasteiger partial charge on any atom is 0.325 e. The molecule has 5 nitrogen and oxygen atoms in total. The number of aromatic nitrogens is 1. The van der Waals surface area contributed by atoms with E-state index in [2.05, 4.69) is 15.0 Å². The second-order valence-corrected chi connectivity index (χ2v) is 3.45. The van der Waals surface area contributed by atoms with Gasteiger partial charge in [0.1, 0.15) is 6.54 Å². The minimum Gasteiger partial charge on any atom is -0.473 e. The Morgan fingerprint density at radius 1 is 1.56 bits per heavy atom. The zero-order valence-corrected chi connectivity index (χ0v) is 9.69. The highest BCUT2D eigenvalue weighted by Gasteiger charge is 2.07. The summed E-state index contributed by atoms with van der Waals surface area (Å²) in [6.45, 7) is 3.92. The highest BCUT2D eigenvalue weighted by molar-refractivity contribution is 5.75. The molecule has 0 spiro atoms. The molecular formula is C11H16N2O3. The van der Waals surface area contributed by atoms with Crippen LogP contribution in [0.15, 0.2) is 18.3 Å². The molecule has 1 heterocycles. The van der Waals surface area contributed by atoms with Crippen molar-refractivity contribution in [1.29, 1.82) is 0 Å². The summed E-state index contributed by atoms with van der Waals surface area (Å²) in [5, 5.41) is 2.91. The number of rotatable bonds is 5. The van der Waals surface area contributed by atoms with Crippen molar-refractivity contribution < 1.29 is 14.3 Å². The monoisotopic (exact) mass is 224 g/mol. The Kier molecular flexibility index (Phi) is 4.57. The van der Waals surface area contributed by atoms with E-state index in [1.807, 2.05) is 13.8 Å². The van der Waals surface area contributed by atoms with Gasteiger partial charge >= 0.3 is 5.97 Å². The number of esters is 1. The van der Waals surface area contributed by atoms with Crippen LogP contribution in [0, 0.1) is 0 Å². The van der Waals surface area contributed by atoms with Crippen molar-refractivity contribution in [2.45, 2.75) is 20.0 Å². The molecule has 0 unspecified atom stereocenters. The van der Waals surface area contributed by atoms with E-state index in [9.17, 15) is 4.79 Å². The van der Waals surface area contributed by atoms with Crippen LogP contribution in [0.5, 0.6) is 5.88 Å². The molecule has 16 heavy (non-hydrogen) atoms. The second-order valence-electron chi connectivity index (χ2n) is 3.45. The molecule has 0 aliphatic heterocycles. The Hall–Kier alpha value is -1.78. The lowest BCUT2D eigenvalue weighted by Crippen LogP contribution is -2.16. The van der Waals surface area contributed by atoms with Crippen molar-refractivity contribution in [3.05, 3.63) is 18.3 Å². The number of carbonyl (C=O) groups is 1. The summed E-state index contributed by atoms with van der Waals surface area (Å²) in [6, 6.07) is 3.57. The van der Waals surface area contributed by atoms with Gasteiger partial charge in [-0.15, -0.1) is 0 Å². The maximum absolute atomic E-state index is 11.0. The number of nitrogens with one attached hydrogen (secondary N) is 1. The lowest BCUT2D eigenvalue weighted by atomic mass is 10.4. The Morgan fingerprint density at radius 3 is 2.94 bits per heavy atom. The summed E-state index contributed by atoms with van der Waals surface area (Å²) in [6.07, 6.45) is 1.68. The number of methoxy groups -OCH3 is 1. The fraction of sp³-hybridized carbons (Fsp3) is 0.455. The van der Waals surface area contributed by atoms with Crippen LogP contribution in [0.1, 0.15) is 13.8 Å². The van der Waals surface area contributed by atoms with Gasteiger partial charge in [-0.25, -0.2) is 4.98 Å². The van der Waals surface area contributed by atoms with E-state index >= 15 is 0 Å². The third-order valence-electron chi connectivity index (χ3n) is 1.77. The Labute approximate surface area is 94.8 Å². The minimum atomic E-state index is -0.334. The van der Waals surface area contributed by atoms with Gasteiger partial charge in [-0.05, 0) is 26.0 Å². The van der Waals surface area contributed by atoms with Crippen LogP contribution in [0.2, 0.25) is 0 Å². The molecule has 0 saturated carbocycles. The summed E-state index contributed by atoms with van der Waals surface area (Å²) < 4.78 is 10.0. The first-order chi connectivity index (χ1) is 7.63. The molecule has 0 amide bonds. The van der Waals surface area contributed by atoms with Crippen LogP contribution in [0.3, 0.4) is 0 Å². The molecule has 0 saturated heterocycles. The number of pyridine rings is 1. The van der Waals surface area contributed by atoms with Crippen molar-refractivity contribution >= 4 is 11.7 Å². The van der Waals surface area contributed by atoms with E-state index in [1.165, 1.54) is 7.11 Å². The molecule has 0 aliphatic carbocycles. The molecule has 1 N–H and O–H groups in total. The molecular weight excluding hydrogens is 208 g/mol. The number of hydrogen-bond donors (Lipinski definition) is 1. The average Bonchev–Trinajstić information content (AvgIpc) is 2.26. The van der Waals surface area contributed by atoms with Gasteiger partial charge in [-0.1, -0.05) is 0 Å². The topological polar surface area (TPSA) is 60.5 Å². The van der Waals surface area contributed by atoms with Gasteiger partial charge in [0.15, 0.2) is 0 Å². The van der Waals surface area contributed by atoms with Crippen LogP contribution >= 0.6 is 0 Å². The Balaban J connectivity index is 2.67. The van der Waals surface area contributed by atoms with Crippen LogP contribution in [-0.2, 0) is 9.53 Å². The van der Waals surface area contributed by atoms with E-state index in [-0.39, 0.29) is 18.6 Å². The maximum atomic E-state index is 11.0. The van der Waals surface area contributed by atoms with Crippen molar-refractivity contribution in [3.63, 3.8) is 0 Å². The van der Waals surface area contributed by atoms with Gasteiger partial charge in [0.25, 0.3) is 0 Å². The first-order valence-corrected chi connectivity index (χ1v) is 5.06. The van der Waals surface area contributed by atoms with Crippen LogP contribution in [-0.4, -0.2) is 30.7 Å². The number of nitrogens with zero attached hydrogens (tertiary/aromatic N) is 1. The van der Waals surface area contributed by atoms with E-state index in [0.717, 1.165) is 0 Å². The van der Waals surface area contributed by atoms with Crippen molar-refractivity contribution in [2.75, 3.05) is 19.0 Å². The highest BCUT2D eigenvalue weighted by atomic mass is 16.5. The van der Waals surface area contributed by atoms with Gasteiger partial charge in [0.2, 0.25) is 5.88 Å². The molecule has 0 aliphatic rings. The van der Waals surface area contributed by atoms with E-state index in [4.69, 9.17) is 4.74 Å². The van der Waals surface area contributed by atoms with Gasteiger partial charge in [-0.2, -0.15) is 0 Å². The van der Waals surface area contributed by atoms with E-state index in [1.54, 1.807) is 18.3 Å². The number of carbonyl (C=O) groups excluding carboxylic acids is 1. The highest BCUT2D eigenvalue weighted by Crippen LogP contribution is 2.21. The van der Waals surface area contributed by atoms with Crippen molar-refractivity contribution in [2.24, 2.45) is 0 Å². The van der Waals surface area contributed by atoms with Gasteiger partial charge < -0.3 is 14.8 Å². The molecule has 1 rings (SSSR count). The Morgan fingerprint density at radius 2 is 2.31 bits per heavy atom. The van der Waals surface area contributed by atoms with Crippen LogP contribution < -0.4 is 10.1 Å². The number of hydrogen-bond acceptors (Lipinski definition) is 5. The smallest absolute Gasteiger partial charge is 0.325 e. The molecule has 0 fully saturated rings. The average molecular weight is 224 g/mol. The predicted octanol–water partition coefficient (Wildman–Crippen LogP) is 1.45. The number of anilines is 1. The molecule has 5 heteroatoms. The van der Waals surface area contributed by atoms with Crippen molar-refractivity contribution in [1.82, 2.24) is 4.98 Å². The summed E-state index contributed by atoms with van der Waals surface area (Å²) in [7, 11) is 1.35. The molecule has 88 valence electrons. The first-order valence-electron chi connectivity index (χ1n) is 5.06. The minimum absolute atomic E-state index is 0.0357. The zero-order valence-electron chi connectivity index (χ0n) is 9.69. The fourth-order valence-electron chi connectivity index (χ4n) is 1.08. The summed E-state index contributed by atoms with van der Waals surface area (Å²) >= 11 is 0. The molecule has 0 atom stereocenters. The second kappa shape index (κ2) is 5.95.